The summed E-state index contributed by atoms with van der Waals surface area (Å²) in [5.74, 6) is -0.679. The smallest absolute Gasteiger partial charge is 0.253 e. The second kappa shape index (κ2) is 7.32. The minimum Gasteiger partial charge on any atom is -0.348 e. The van der Waals surface area contributed by atoms with E-state index < -0.39 is 16.1 Å². The number of sulfonamides is 1. The molecular formula is C17H24N4O4S. The lowest BCUT2D eigenvalue weighted by atomic mass is 10.1. The molecule has 26 heavy (non-hydrogen) atoms. The van der Waals surface area contributed by atoms with Gasteiger partial charge in [0.25, 0.3) is 11.8 Å². The number of nitrogens with one attached hydrogen (secondary N) is 1. The average molecular weight is 380 g/mol. The third-order valence-corrected chi connectivity index (χ3v) is 6.57. The van der Waals surface area contributed by atoms with Crippen LogP contribution < -0.4 is 5.32 Å². The molecule has 0 radical (unpaired) electrons. The lowest BCUT2D eigenvalue weighted by Crippen LogP contribution is -2.44. The molecule has 142 valence electrons. The maximum Gasteiger partial charge on any atom is 0.253 e. The van der Waals surface area contributed by atoms with E-state index in [2.05, 4.69) is 10.3 Å². The summed E-state index contributed by atoms with van der Waals surface area (Å²) in [6.45, 7) is 4.67. The van der Waals surface area contributed by atoms with Crippen molar-refractivity contribution in [2.75, 3.05) is 25.4 Å². The van der Waals surface area contributed by atoms with Crippen LogP contribution in [0.25, 0.3) is 0 Å². The summed E-state index contributed by atoms with van der Waals surface area (Å²) < 4.78 is 25.6. The summed E-state index contributed by atoms with van der Waals surface area (Å²) >= 11 is 0. The number of rotatable bonds is 4. The normalized spacial score (nSPS) is 25.6. The van der Waals surface area contributed by atoms with Crippen LogP contribution in [0.15, 0.2) is 18.3 Å². The van der Waals surface area contributed by atoms with Crippen molar-refractivity contribution in [1.29, 1.82) is 0 Å². The molecule has 2 atom stereocenters. The van der Waals surface area contributed by atoms with Crippen LogP contribution in [0.1, 0.15) is 35.8 Å². The predicted octanol–water partition coefficient (Wildman–Crippen LogP) is 0.145. The SMILES string of the molecule is CCCN1C(=O)[C@@H]2C[C@H](NC(=O)c3ccc(C)nc3)CN2CCS1(=O)=O. The number of pyridine rings is 1. The quantitative estimate of drug-likeness (QED) is 0.798. The molecule has 8 nitrogen and oxygen atoms in total. The summed E-state index contributed by atoms with van der Waals surface area (Å²) in [6.07, 6.45) is 2.52. The fourth-order valence-electron chi connectivity index (χ4n) is 3.48. The van der Waals surface area contributed by atoms with Crippen molar-refractivity contribution >= 4 is 21.8 Å². The highest BCUT2D eigenvalue weighted by Crippen LogP contribution is 2.25. The highest BCUT2D eigenvalue weighted by atomic mass is 32.2. The summed E-state index contributed by atoms with van der Waals surface area (Å²) in [4.78, 5) is 31.1. The second-order valence-corrected chi connectivity index (χ2v) is 8.84. The van der Waals surface area contributed by atoms with E-state index in [1.54, 1.807) is 12.1 Å². The summed E-state index contributed by atoms with van der Waals surface area (Å²) in [5, 5.41) is 2.94. The zero-order valence-electron chi connectivity index (χ0n) is 15.0. The highest BCUT2D eigenvalue weighted by molar-refractivity contribution is 7.89. The van der Waals surface area contributed by atoms with Crippen LogP contribution in [0.3, 0.4) is 0 Å². The molecule has 0 aliphatic carbocycles. The maximum atomic E-state index is 12.8. The summed E-state index contributed by atoms with van der Waals surface area (Å²) in [6, 6.07) is 2.79. The first kappa shape index (κ1) is 18.8. The van der Waals surface area contributed by atoms with Crippen LogP contribution in [0.2, 0.25) is 0 Å². The van der Waals surface area contributed by atoms with Gasteiger partial charge in [0.15, 0.2) is 0 Å². The average Bonchev–Trinajstić information content (AvgIpc) is 2.97. The third-order valence-electron chi connectivity index (χ3n) is 4.84. The molecule has 0 spiro atoms. The maximum absolute atomic E-state index is 12.8. The first-order valence-electron chi connectivity index (χ1n) is 8.83. The van der Waals surface area contributed by atoms with Gasteiger partial charge in [0.2, 0.25) is 10.0 Å². The lowest BCUT2D eigenvalue weighted by molar-refractivity contribution is -0.130. The van der Waals surface area contributed by atoms with E-state index in [1.165, 1.54) is 6.20 Å². The fourth-order valence-corrected chi connectivity index (χ4v) is 5.02. The van der Waals surface area contributed by atoms with Crippen LogP contribution in [-0.2, 0) is 14.8 Å². The van der Waals surface area contributed by atoms with Crippen molar-refractivity contribution in [3.8, 4) is 0 Å². The molecule has 1 N–H and O–H groups in total. The van der Waals surface area contributed by atoms with Gasteiger partial charge in [-0.1, -0.05) is 6.92 Å². The van der Waals surface area contributed by atoms with Crippen LogP contribution in [-0.4, -0.2) is 71.9 Å². The predicted molar refractivity (Wildman–Crippen MR) is 96.0 cm³/mol. The Bertz CT molecular complexity index is 793. The third kappa shape index (κ3) is 3.73. The van der Waals surface area contributed by atoms with Crippen molar-refractivity contribution in [1.82, 2.24) is 19.5 Å². The Morgan fingerprint density at radius 3 is 2.81 bits per heavy atom. The molecule has 3 rings (SSSR count). The molecule has 2 amide bonds. The minimum atomic E-state index is -3.55. The number of amides is 2. The van der Waals surface area contributed by atoms with Crippen LogP contribution in [0.4, 0.5) is 0 Å². The van der Waals surface area contributed by atoms with Crippen molar-refractivity contribution in [3.05, 3.63) is 29.6 Å². The van der Waals surface area contributed by atoms with Gasteiger partial charge >= 0.3 is 0 Å². The standard InChI is InChI=1S/C17H24N4O4S/c1-3-6-21-17(23)15-9-14(11-20(15)7-8-26(21,24)25)19-16(22)13-5-4-12(2)18-10-13/h4-5,10,14-15H,3,6-9,11H2,1-2H3,(H,19,22)/t14-,15-/m0/s1. The monoisotopic (exact) mass is 380 g/mol. The molecule has 0 unspecified atom stereocenters. The van der Waals surface area contributed by atoms with Crippen LogP contribution >= 0.6 is 0 Å². The van der Waals surface area contributed by atoms with Crippen LogP contribution in [0, 0.1) is 6.92 Å². The molecule has 3 heterocycles. The Morgan fingerprint density at radius 1 is 1.38 bits per heavy atom. The van der Waals surface area contributed by atoms with Gasteiger partial charge in [-0.25, -0.2) is 12.7 Å². The Labute approximate surface area is 153 Å². The van der Waals surface area contributed by atoms with Crippen molar-refractivity contribution < 1.29 is 18.0 Å². The van der Waals surface area contributed by atoms with Crippen molar-refractivity contribution in [3.63, 3.8) is 0 Å². The molecule has 1 aromatic heterocycles. The molecule has 2 fully saturated rings. The van der Waals surface area contributed by atoms with Gasteiger partial charge in [0.05, 0.1) is 17.4 Å². The van der Waals surface area contributed by atoms with Gasteiger partial charge in [-0.15, -0.1) is 0 Å². The highest BCUT2D eigenvalue weighted by Gasteiger charge is 2.44. The van der Waals surface area contributed by atoms with E-state index in [9.17, 15) is 18.0 Å². The number of aromatic nitrogens is 1. The Balaban J connectivity index is 1.70. The minimum absolute atomic E-state index is 0.0716. The molecule has 0 aromatic carbocycles. The number of aryl methyl sites for hydroxylation is 1. The topological polar surface area (TPSA) is 99.7 Å². The fraction of sp³-hybridized carbons (Fsp3) is 0.588. The molecule has 2 saturated heterocycles. The number of hydrogen-bond donors (Lipinski definition) is 1. The van der Waals surface area contributed by atoms with E-state index >= 15 is 0 Å². The first-order valence-corrected chi connectivity index (χ1v) is 10.4. The van der Waals surface area contributed by atoms with Gasteiger partial charge < -0.3 is 5.32 Å². The van der Waals surface area contributed by atoms with Gasteiger partial charge in [-0.05, 0) is 31.9 Å². The summed E-state index contributed by atoms with van der Waals surface area (Å²) in [5.41, 5.74) is 1.30. The van der Waals surface area contributed by atoms with Gasteiger partial charge in [-0.3, -0.25) is 19.5 Å². The zero-order chi connectivity index (χ0) is 18.9. The second-order valence-electron chi connectivity index (χ2n) is 6.83. The van der Waals surface area contributed by atoms with E-state index in [0.29, 0.717) is 31.5 Å². The Kier molecular flexibility index (Phi) is 5.29. The Hall–Kier alpha value is -2.00. The molecular weight excluding hydrogens is 356 g/mol. The van der Waals surface area contributed by atoms with Gasteiger partial charge in [0.1, 0.15) is 0 Å². The number of hydrogen-bond acceptors (Lipinski definition) is 6. The summed E-state index contributed by atoms with van der Waals surface area (Å²) in [7, 11) is -3.55. The van der Waals surface area contributed by atoms with Gasteiger partial charge in [-0.2, -0.15) is 0 Å². The molecule has 2 aliphatic heterocycles. The molecule has 0 bridgehead atoms. The number of carbonyl (C=O) groups excluding carboxylic acids is 2. The van der Waals surface area contributed by atoms with E-state index in [0.717, 1.165) is 10.00 Å². The Morgan fingerprint density at radius 2 is 2.15 bits per heavy atom. The van der Waals surface area contributed by atoms with Crippen molar-refractivity contribution in [2.45, 2.75) is 38.8 Å². The number of fused-ring (bicyclic) bond motifs is 1. The largest absolute Gasteiger partial charge is 0.348 e. The van der Waals surface area contributed by atoms with Crippen LogP contribution in [0.5, 0.6) is 0 Å². The first-order chi connectivity index (χ1) is 12.3. The lowest BCUT2D eigenvalue weighted by Gasteiger charge is -2.23. The number of carbonyl (C=O) groups is 2. The van der Waals surface area contributed by atoms with Gasteiger partial charge in [0, 0.05) is 37.6 Å². The van der Waals surface area contributed by atoms with E-state index in [1.807, 2.05) is 18.7 Å². The van der Waals surface area contributed by atoms with E-state index in [4.69, 9.17) is 0 Å². The molecule has 9 heteroatoms. The zero-order valence-corrected chi connectivity index (χ0v) is 15.8. The number of nitrogens with zero attached hydrogens (tertiary/aromatic N) is 3. The molecule has 0 saturated carbocycles. The molecule has 2 aliphatic rings. The van der Waals surface area contributed by atoms with E-state index in [-0.39, 0.29) is 30.2 Å². The molecule has 1 aromatic rings. The van der Waals surface area contributed by atoms with Crippen molar-refractivity contribution in [2.24, 2.45) is 0 Å².